The first kappa shape index (κ1) is 12.5. The molecule has 2 atom stereocenters. The summed E-state index contributed by atoms with van der Waals surface area (Å²) in [6, 6.07) is 2.39. The van der Waals surface area contributed by atoms with E-state index in [1.165, 1.54) is 0 Å². The lowest BCUT2D eigenvalue weighted by molar-refractivity contribution is 0.0321. The molecular weight excluding hydrogens is 266 g/mol. The van der Waals surface area contributed by atoms with E-state index in [1.807, 2.05) is 30.1 Å². The Hall–Kier alpha value is -0.520. The Morgan fingerprint density at radius 2 is 2.44 bits per heavy atom. The van der Waals surface area contributed by atoms with Crippen molar-refractivity contribution < 1.29 is 9.53 Å². The average Bonchev–Trinajstić information content (AvgIpc) is 2.83. The molecule has 0 N–H and O–H groups in total. The van der Waals surface area contributed by atoms with Crippen LogP contribution in [0.1, 0.15) is 21.7 Å². The molecule has 2 unspecified atom stereocenters. The second kappa shape index (κ2) is 5.23. The molecule has 2 fully saturated rings. The minimum Gasteiger partial charge on any atom is -0.380 e. The van der Waals surface area contributed by atoms with Gasteiger partial charge in [0.15, 0.2) is 0 Å². The number of nitrogens with zero attached hydrogens (tertiary/aromatic N) is 1. The first-order valence-corrected chi connectivity index (χ1v) is 8.24. The van der Waals surface area contributed by atoms with Crippen LogP contribution in [0.2, 0.25) is 0 Å². The zero-order valence-corrected chi connectivity index (χ0v) is 12.1. The summed E-state index contributed by atoms with van der Waals surface area (Å²) in [5.41, 5.74) is 1.10. The number of hydrogen-bond donors (Lipinski definition) is 0. The van der Waals surface area contributed by atoms with Crippen LogP contribution in [0.5, 0.6) is 0 Å². The minimum absolute atomic E-state index is 0.222. The molecule has 1 aromatic rings. The molecule has 0 bridgehead atoms. The number of carbonyl (C=O) groups excluding carboxylic acids is 1. The van der Waals surface area contributed by atoms with Gasteiger partial charge in [0, 0.05) is 30.2 Å². The number of carbonyl (C=O) groups is 1. The largest absolute Gasteiger partial charge is 0.380 e. The Kier molecular flexibility index (Phi) is 3.63. The third-order valence-electron chi connectivity index (χ3n) is 3.65. The summed E-state index contributed by atoms with van der Waals surface area (Å²) in [7, 11) is 0. The third-order valence-corrected chi connectivity index (χ3v) is 5.95. The van der Waals surface area contributed by atoms with E-state index in [9.17, 15) is 4.79 Å². The lowest BCUT2D eigenvalue weighted by Crippen LogP contribution is -2.54. The SMILES string of the molecule is Cc1ccsc1C(=O)N1CCSC2COCCC21. The van der Waals surface area contributed by atoms with Crippen LogP contribution in [0, 0.1) is 6.92 Å². The van der Waals surface area contributed by atoms with Gasteiger partial charge in [-0.2, -0.15) is 11.8 Å². The Morgan fingerprint density at radius 3 is 3.22 bits per heavy atom. The Labute approximate surface area is 116 Å². The van der Waals surface area contributed by atoms with E-state index in [0.29, 0.717) is 11.3 Å². The summed E-state index contributed by atoms with van der Waals surface area (Å²) >= 11 is 3.52. The molecule has 0 aromatic carbocycles. The summed E-state index contributed by atoms with van der Waals surface area (Å²) in [6.07, 6.45) is 0.980. The number of fused-ring (bicyclic) bond motifs is 1. The maximum absolute atomic E-state index is 12.6. The summed E-state index contributed by atoms with van der Waals surface area (Å²) < 4.78 is 5.53. The molecule has 18 heavy (non-hydrogen) atoms. The number of hydrogen-bond acceptors (Lipinski definition) is 4. The quantitative estimate of drug-likeness (QED) is 0.792. The highest BCUT2D eigenvalue weighted by Crippen LogP contribution is 2.32. The van der Waals surface area contributed by atoms with Crippen LogP contribution < -0.4 is 0 Å². The maximum atomic E-state index is 12.6. The molecule has 0 radical (unpaired) electrons. The van der Waals surface area contributed by atoms with Gasteiger partial charge < -0.3 is 9.64 Å². The van der Waals surface area contributed by atoms with Gasteiger partial charge in [0.2, 0.25) is 0 Å². The molecule has 2 aliphatic heterocycles. The molecule has 3 rings (SSSR count). The highest BCUT2D eigenvalue weighted by molar-refractivity contribution is 8.00. The van der Waals surface area contributed by atoms with Crippen LogP contribution in [0.3, 0.4) is 0 Å². The second-order valence-electron chi connectivity index (χ2n) is 4.77. The molecule has 5 heteroatoms. The fourth-order valence-corrected chi connectivity index (χ4v) is 4.84. The number of thioether (sulfide) groups is 1. The first-order chi connectivity index (χ1) is 8.77. The van der Waals surface area contributed by atoms with Crippen molar-refractivity contribution in [2.75, 3.05) is 25.5 Å². The standard InChI is InChI=1S/C13H17NO2S2/c1-9-3-6-18-12(9)13(15)14-4-7-17-11-8-16-5-2-10(11)14/h3,6,10-11H,2,4-5,7-8H2,1H3. The van der Waals surface area contributed by atoms with Gasteiger partial charge in [0.05, 0.1) is 11.5 Å². The van der Waals surface area contributed by atoms with E-state index < -0.39 is 0 Å². The zero-order chi connectivity index (χ0) is 12.5. The summed E-state index contributed by atoms with van der Waals surface area (Å²) in [5, 5.41) is 2.47. The Morgan fingerprint density at radius 1 is 1.56 bits per heavy atom. The Balaban J connectivity index is 1.82. The highest BCUT2D eigenvalue weighted by atomic mass is 32.2. The maximum Gasteiger partial charge on any atom is 0.264 e. The monoisotopic (exact) mass is 283 g/mol. The summed E-state index contributed by atoms with van der Waals surface area (Å²) in [4.78, 5) is 15.6. The lowest BCUT2D eigenvalue weighted by atomic mass is 10.1. The van der Waals surface area contributed by atoms with E-state index >= 15 is 0 Å². The molecular formula is C13H17NO2S2. The highest BCUT2D eigenvalue weighted by Gasteiger charge is 2.37. The molecule has 2 saturated heterocycles. The number of aryl methyl sites for hydroxylation is 1. The molecule has 0 spiro atoms. The van der Waals surface area contributed by atoms with Crippen molar-refractivity contribution >= 4 is 29.0 Å². The number of ether oxygens (including phenoxy) is 1. The van der Waals surface area contributed by atoms with Gasteiger partial charge >= 0.3 is 0 Å². The Bertz CT molecular complexity index is 444. The van der Waals surface area contributed by atoms with Crippen molar-refractivity contribution in [1.29, 1.82) is 0 Å². The zero-order valence-electron chi connectivity index (χ0n) is 10.4. The van der Waals surface area contributed by atoms with Crippen molar-refractivity contribution in [3.05, 3.63) is 21.9 Å². The number of amides is 1. The van der Waals surface area contributed by atoms with Crippen LogP contribution >= 0.6 is 23.1 Å². The molecule has 3 nitrogen and oxygen atoms in total. The van der Waals surface area contributed by atoms with Crippen molar-refractivity contribution in [3.8, 4) is 0 Å². The van der Waals surface area contributed by atoms with E-state index in [1.54, 1.807) is 11.3 Å². The predicted octanol–water partition coefficient (Wildman–Crippen LogP) is 2.40. The topological polar surface area (TPSA) is 29.5 Å². The number of thiophene rings is 1. The summed E-state index contributed by atoms with van der Waals surface area (Å²) in [5.74, 6) is 1.25. The summed E-state index contributed by atoms with van der Waals surface area (Å²) in [6.45, 7) is 4.48. The van der Waals surface area contributed by atoms with Gasteiger partial charge in [-0.1, -0.05) is 0 Å². The molecule has 3 heterocycles. The van der Waals surface area contributed by atoms with E-state index in [0.717, 1.165) is 42.4 Å². The fraction of sp³-hybridized carbons (Fsp3) is 0.615. The first-order valence-electron chi connectivity index (χ1n) is 6.32. The third kappa shape index (κ3) is 2.19. The van der Waals surface area contributed by atoms with Gasteiger partial charge in [-0.05, 0) is 30.4 Å². The lowest BCUT2D eigenvalue weighted by Gasteiger charge is -2.43. The van der Waals surface area contributed by atoms with E-state index in [4.69, 9.17) is 4.74 Å². The second-order valence-corrected chi connectivity index (χ2v) is 7.03. The van der Waals surface area contributed by atoms with Crippen molar-refractivity contribution in [2.24, 2.45) is 0 Å². The van der Waals surface area contributed by atoms with E-state index in [-0.39, 0.29) is 5.91 Å². The van der Waals surface area contributed by atoms with Gasteiger partial charge in [-0.3, -0.25) is 4.79 Å². The van der Waals surface area contributed by atoms with Crippen molar-refractivity contribution in [3.63, 3.8) is 0 Å². The van der Waals surface area contributed by atoms with Crippen LogP contribution in [0.15, 0.2) is 11.4 Å². The number of rotatable bonds is 1. The molecule has 0 aliphatic carbocycles. The normalized spacial score (nSPS) is 27.9. The van der Waals surface area contributed by atoms with Crippen LogP contribution in [0.25, 0.3) is 0 Å². The van der Waals surface area contributed by atoms with Crippen molar-refractivity contribution in [1.82, 2.24) is 4.90 Å². The van der Waals surface area contributed by atoms with Crippen LogP contribution in [-0.4, -0.2) is 47.6 Å². The molecule has 98 valence electrons. The van der Waals surface area contributed by atoms with Gasteiger partial charge in [-0.15, -0.1) is 11.3 Å². The minimum atomic E-state index is 0.222. The fourth-order valence-electron chi connectivity index (χ4n) is 2.66. The van der Waals surface area contributed by atoms with Crippen molar-refractivity contribution in [2.45, 2.75) is 24.6 Å². The predicted molar refractivity (Wildman–Crippen MR) is 75.6 cm³/mol. The van der Waals surface area contributed by atoms with Crippen LogP contribution in [0.4, 0.5) is 0 Å². The molecule has 1 aromatic heterocycles. The average molecular weight is 283 g/mol. The molecule has 1 amide bonds. The smallest absolute Gasteiger partial charge is 0.264 e. The van der Waals surface area contributed by atoms with Gasteiger partial charge in [0.1, 0.15) is 0 Å². The van der Waals surface area contributed by atoms with Gasteiger partial charge in [0.25, 0.3) is 5.91 Å². The van der Waals surface area contributed by atoms with E-state index in [2.05, 4.69) is 4.90 Å². The van der Waals surface area contributed by atoms with Crippen LogP contribution in [-0.2, 0) is 4.74 Å². The molecule has 0 saturated carbocycles. The van der Waals surface area contributed by atoms with Gasteiger partial charge in [-0.25, -0.2) is 0 Å². The molecule has 2 aliphatic rings.